The lowest BCUT2D eigenvalue weighted by atomic mass is 10.0. The van der Waals surface area contributed by atoms with Crippen LogP contribution < -0.4 is 10.2 Å². The number of carbonyl (C=O) groups is 2. The molecule has 0 heterocycles. The number of likely N-dealkylation sites (N-methyl/N-ethyl adjacent to an activating group) is 1. The summed E-state index contributed by atoms with van der Waals surface area (Å²) in [5, 5.41) is 3.03. The minimum Gasteiger partial charge on any atom is -0.756 e. The van der Waals surface area contributed by atoms with Gasteiger partial charge in [0.2, 0.25) is 5.91 Å². The number of quaternary nitrogens is 1. The van der Waals surface area contributed by atoms with E-state index in [1.165, 1.54) is 154 Å². The molecule has 0 aromatic rings. The maximum atomic E-state index is 13.5. The average molecular weight is 1140 g/mol. The summed E-state index contributed by atoms with van der Waals surface area (Å²) in [6.07, 6.45) is 78.3. The second-order valence-corrected chi connectivity index (χ2v) is 25.0. The number of allylic oxidation sites excluding steroid dienone is 13. The molecule has 0 radical (unpaired) electrons. The number of nitrogens with zero attached hydrogens (tertiary/aromatic N) is 1. The van der Waals surface area contributed by atoms with Crippen LogP contribution in [-0.2, 0) is 27.9 Å². The largest absolute Gasteiger partial charge is 0.756 e. The predicted octanol–water partition coefficient (Wildman–Crippen LogP) is 20.3. The standard InChI is InChI=1S/C70H127N2O7P/c1-7-10-13-16-19-22-25-28-30-31-32-33-34-35-36-37-38-39-40-41-42-45-48-51-54-57-60-63-70(74)79-68(61-58-55-52-49-46-43-27-24-21-18-15-12-9-3)67(66-78-80(75,76)77-65-64-72(4,5)6)71-69(73)62-59-56-53-50-47-44-29-26-23-20-17-14-11-8-2/h10,13,19,22,28,30,32-33,35-36,38-39,58,61,67-68H,7-9,11-12,14-18,20-21,23-27,29,31,34,37,40-57,59-60,62-66H2,1-6H3,(H-,71,73,75,76)/b13-10-,22-19-,30-28-,33-32-,36-35-,39-38-,61-58-. The van der Waals surface area contributed by atoms with Gasteiger partial charge in [-0.2, -0.15) is 0 Å². The Balaban J connectivity index is 5.13. The molecule has 3 atom stereocenters. The van der Waals surface area contributed by atoms with Crippen LogP contribution in [0.1, 0.15) is 297 Å². The summed E-state index contributed by atoms with van der Waals surface area (Å²) in [5.74, 6) is -0.544. The molecule has 0 aliphatic carbocycles. The summed E-state index contributed by atoms with van der Waals surface area (Å²) in [5.41, 5.74) is 0. The third kappa shape index (κ3) is 59.8. The Morgan fingerprint density at radius 1 is 0.450 bits per heavy atom. The van der Waals surface area contributed by atoms with Crippen LogP contribution >= 0.6 is 7.82 Å². The zero-order chi connectivity index (χ0) is 58.6. The number of hydrogen-bond acceptors (Lipinski definition) is 7. The molecule has 0 aromatic carbocycles. The van der Waals surface area contributed by atoms with E-state index in [9.17, 15) is 19.0 Å². The molecule has 1 amide bonds. The van der Waals surface area contributed by atoms with Gasteiger partial charge in [-0.15, -0.1) is 0 Å². The highest BCUT2D eigenvalue weighted by atomic mass is 31.2. The molecule has 3 unspecified atom stereocenters. The maximum Gasteiger partial charge on any atom is 0.306 e. The molecule has 0 saturated carbocycles. The van der Waals surface area contributed by atoms with Crippen LogP contribution in [-0.4, -0.2) is 69.4 Å². The average Bonchev–Trinajstić information content (AvgIpc) is 3.42. The molecular weight excluding hydrogens is 1010 g/mol. The normalized spacial score (nSPS) is 14.1. The fourth-order valence-corrected chi connectivity index (χ4v) is 10.2. The SMILES string of the molecule is CC/C=C\C/C=C\C/C=C\C/C=C\C/C=C\C/C=C\CCCCCCCCCCC(=O)OC(/C=C\CCCCCCCCCCCCC)C(COP(=O)([O-])OCC[N+](C)(C)C)NC(=O)CCCCCCCCCCCCCCCC. The number of amides is 1. The number of unbranched alkanes of at least 4 members (excludes halogenated alkanes) is 32. The van der Waals surface area contributed by atoms with Crippen molar-refractivity contribution in [2.45, 2.75) is 309 Å². The summed E-state index contributed by atoms with van der Waals surface area (Å²) < 4.78 is 30.4. The molecule has 0 spiro atoms. The molecule has 10 heteroatoms. The third-order valence-electron chi connectivity index (χ3n) is 14.6. The van der Waals surface area contributed by atoms with Crippen LogP contribution in [0.3, 0.4) is 0 Å². The van der Waals surface area contributed by atoms with Crippen molar-refractivity contribution in [3.63, 3.8) is 0 Å². The second-order valence-electron chi connectivity index (χ2n) is 23.6. The third-order valence-corrected chi connectivity index (χ3v) is 15.6. The van der Waals surface area contributed by atoms with Crippen molar-refractivity contribution >= 4 is 19.7 Å². The van der Waals surface area contributed by atoms with Gasteiger partial charge in [-0.1, -0.05) is 286 Å². The van der Waals surface area contributed by atoms with E-state index in [2.05, 4.69) is 99.0 Å². The van der Waals surface area contributed by atoms with Crippen LogP contribution in [0.4, 0.5) is 0 Å². The van der Waals surface area contributed by atoms with Crippen molar-refractivity contribution in [2.24, 2.45) is 0 Å². The lowest BCUT2D eigenvalue weighted by Crippen LogP contribution is -2.47. The van der Waals surface area contributed by atoms with Crippen molar-refractivity contribution in [3.05, 3.63) is 85.1 Å². The summed E-state index contributed by atoms with van der Waals surface area (Å²) in [4.78, 5) is 40.1. The molecule has 0 fully saturated rings. The molecule has 0 aromatic heterocycles. The summed E-state index contributed by atoms with van der Waals surface area (Å²) in [6.45, 7) is 6.74. The molecule has 80 heavy (non-hydrogen) atoms. The topological polar surface area (TPSA) is 114 Å². The van der Waals surface area contributed by atoms with Crippen LogP contribution in [0.2, 0.25) is 0 Å². The van der Waals surface area contributed by atoms with Crippen molar-refractivity contribution in [3.8, 4) is 0 Å². The first-order valence-electron chi connectivity index (χ1n) is 33.4. The predicted molar refractivity (Wildman–Crippen MR) is 344 cm³/mol. The van der Waals surface area contributed by atoms with Crippen LogP contribution in [0.15, 0.2) is 85.1 Å². The van der Waals surface area contributed by atoms with Gasteiger partial charge >= 0.3 is 5.97 Å². The number of hydrogen-bond donors (Lipinski definition) is 1. The molecule has 0 rings (SSSR count). The number of phosphoric ester groups is 1. The first kappa shape index (κ1) is 77.2. The molecule has 0 bridgehead atoms. The molecule has 0 saturated heterocycles. The Morgan fingerprint density at radius 3 is 1.20 bits per heavy atom. The highest BCUT2D eigenvalue weighted by Crippen LogP contribution is 2.38. The molecule has 0 aliphatic rings. The number of rotatable bonds is 60. The second kappa shape index (κ2) is 59.4. The first-order chi connectivity index (χ1) is 38.9. The number of esters is 1. The van der Waals surface area contributed by atoms with Gasteiger partial charge in [-0.3, -0.25) is 14.2 Å². The molecular formula is C70H127N2O7P. The fraction of sp³-hybridized carbons (Fsp3) is 0.771. The van der Waals surface area contributed by atoms with E-state index in [-0.39, 0.29) is 24.9 Å². The van der Waals surface area contributed by atoms with Gasteiger partial charge in [0, 0.05) is 12.8 Å². The Kier molecular flexibility index (Phi) is 57.3. The number of phosphoric acid groups is 1. The van der Waals surface area contributed by atoms with Gasteiger partial charge < -0.3 is 28.5 Å². The van der Waals surface area contributed by atoms with E-state index in [4.69, 9.17) is 13.8 Å². The monoisotopic (exact) mass is 1140 g/mol. The minimum absolute atomic E-state index is 0.0250. The van der Waals surface area contributed by atoms with E-state index in [0.29, 0.717) is 17.4 Å². The van der Waals surface area contributed by atoms with Gasteiger partial charge in [0.15, 0.2) is 0 Å². The van der Waals surface area contributed by atoms with Crippen molar-refractivity contribution < 1.29 is 37.3 Å². The van der Waals surface area contributed by atoms with Crippen molar-refractivity contribution in [2.75, 3.05) is 40.9 Å². The Hall–Kier alpha value is -2.81. The zero-order valence-electron chi connectivity index (χ0n) is 53.0. The Bertz CT molecular complexity index is 1640. The van der Waals surface area contributed by atoms with Gasteiger partial charge in [-0.25, -0.2) is 0 Å². The fourth-order valence-electron chi connectivity index (χ4n) is 9.47. The molecule has 9 nitrogen and oxygen atoms in total. The van der Waals surface area contributed by atoms with Gasteiger partial charge in [-0.05, 0) is 83.1 Å². The number of nitrogens with one attached hydrogen (secondary N) is 1. The van der Waals surface area contributed by atoms with E-state index < -0.39 is 26.6 Å². The smallest absolute Gasteiger partial charge is 0.306 e. The van der Waals surface area contributed by atoms with Gasteiger partial charge in [0.25, 0.3) is 7.82 Å². The molecule has 1 N–H and O–H groups in total. The lowest BCUT2D eigenvalue weighted by Gasteiger charge is -2.30. The molecule has 0 aliphatic heterocycles. The Labute approximate surface area is 495 Å². The van der Waals surface area contributed by atoms with E-state index in [1.807, 2.05) is 33.3 Å². The number of carbonyl (C=O) groups excluding carboxylic acids is 2. The van der Waals surface area contributed by atoms with Gasteiger partial charge in [0.1, 0.15) is 19.3 Å². The van der Waals surface area contributed by atoms with E-state index in [0.717, 1.165) is 109 Å². The summed E-state index contributed by atoms with van der Waals surface area (Å²) in [7, 11) is 1.18. The highest BCUT2D eigenvalue weighted by molar-refractivity contribution is 7.45. The maximum absolute atomic E-state index is 13.5. The zero-order valence-corrected chi connectivity index (χ0v) is 53.9. The lowest BCUT2D eigenvalue weighted by molar-refractivity contribution is -0.870. The van der Waals surface area contributed by atoms with Crippen LogP contribution in [0.25, 0.3) is 0 Å². The van der Waals surface area contributed by atoms with E-state index >= 15 is 0 Å². The van der Waals surface area contributed by atoms with Gasteiger partial charge in [0.05, 0.1) is 33.8 Å². The molecule has 464 valence electrons. The summed E-state index contributed by atoms with van der Waals surface area (Å²) in [6, 6.07) is -0.893. The highest BCUT2D eigenvalue weighted by Gasteiger charge is 2.27. The minimum atomic E-state index is -4.70. The van der Waals surface area contributed by atoms with E-state index in [1.54, 1.807) is 0 Å². The van der Waals surface area contributed by atoms with Crippen molar-refractivity contribution in [1.29, 1.82) is 0 Å². The van der Waals surface area contributed by atoms with Crippen LogP contribution in [0.5, 0.6) is 0 Å². The number of ether oxygens (including phenoxy) is 1. The first-order valence-corrected chi connectivity index (χ1v) is 34.9. The Morgan fingerprint density at radius 2 is 0.800 bits per heavy atom. The van der Waals surface area contributed by atoms with Crippen molar-refractivity contribution in [1.82, 2.24) is 5.32 Å². The quantitative estimate of drug-likeness (QED) is 0.0212. The summed E-state index contributed by atoms with van der Waals surface area (Å²) >= 11 is 0. The van der Waals surface area contributed by atoms with Crippen LogP contribution in [0, 0.1) is 0 Å².